The molecule has 0 spiro atoms. The number of halogens is 1. The first-order valence-electron chi connectivity index (χ1n) is 6.74. The summed E-state index contributed by atoms with van der Waals surface area (Å²) < 4.78 is 5.12. The molecule has 1 aromatic heterocycles. The van der Waals surface area contributed by atoms with Crippen LogP contribution in [0.25, 0.3) is 0 Å². The largest absolute Gasteiger partial charge is 1.00 e. The number of rotatable bonds is 6. The molecule has 0 bridgehead atoms. The topological polar surface area (TPSA) is 90.5 Å². The summed E-state index contributed by atoms with van der Waals surface area (Å²) in [4.78, 5) is 14.2. The third kappa shape index (κ3) is 5.19. The summed E-state index contributed by atoms with van der Waals surface area (Å²) in [5, 5.41) is 5.84. The van der Waals surface area contributed by atoms with Crippen LogP contribution in [0.15, 0.2) is 49.1 Å². The second kappa shape index (κ2) is 8.65. The van der Waals surface area contributed by atoms with Crippen LogP contribution in [-0.4, -0.2) is 13.0 Å². The molecule has 0 fully saturated rings. The van der Waals surface area contributed by atoms with Crippen molar-refractivity contribution >= 4 is 23.2 Å². The highest BCUT2D eigenvalue weighted by molar-refractivity contribution is 6.00. The number of methoxy groups -OCH3 is 1. The average Bonchev–Trinajstić information content (AvgIpc) is 2.55. The Labute approximate surface area is 141 Å². The summed E-state index contributed by atoms with van der Waals surface area (Å²) in [7, 11) is 1.64. The molecule has 122 valence electrons. The molecule has 0 radical (unpaired) electrons. The Hall–Kier alpha value is -2.73. The molecule has 6 nitrogen and oxygen atoms in total. The van der Waals surface area contributed by atoms with Crippen LogP contribution >= 0.6 is 0 Å². The zero-order valence-electron chi connectivity index (χ0n) is 12.7. The SMILES string of the molecule is C=CC(=O)Nc1ccc(NCc2ccc(OC)cc2)[nH+]c1N.[Cl-]. The van der Waals surface area contributed by atoms with E-state index < -0.39 is 0 Å². The lowest BCUT2D eigenvalue weighted by Gasteiger charge is -2.06. The van der Waals surface area contributed by atoms with E-state index in [-0.39, 0.29) is 18.3 Å². The number of nitrogen functional groups attached to an aromatic ring is 1. The molecule has 0 aliphatic heterocycles. The quantitative estimate of drug-likeness (QED) is 0.581. The van der Waals surface area contributed by atoms with Crippen LogP contribution in [0.4, 0.5) is 17.3 Å². The van der Waals surface area contributed by atoms with Crippen LogP contribution < -0.4 is 38.5 Å². The minimum Gasteiger partial charge on any atom is -1.00 e. The van der Waals surface area contributed by atoms with Gasteiger partial charge in [0.25, 0.3) is 0 Å². The van der Waals surface area contributed by atoms with Gasteiger partial charge in [0.1, 0.15) is 11.4 Å². The Morgan fingerprint density at radius 3 is 2.57 bits per heavy atom. The number of hydrogen-bond acceptors (Lipinski definition) is 4. The van der Waals surface area contributed by atoms with Crippen LogP contribution in [-0.2, 0) is 11.3 Å². The summed E-state index contributed by atoms with van der Waals surface area (Å²) in [6.45, 7) is 4.03. The molecule has 2 rings (SSSR count). The monoisotopic (exact) mass is 334 g/mol. The number of nitrogens with one attached hydrogen (secondary N) is 3. The van der Waals surface area contributed by atoms with E-state index in [4.69, 9.17) is 10.5 Å². The Kier molecular flexibility index (Phi) is 6.89. The fourth-order valence-corrected chi connectivity index (χ4v) is 1.85. The number of nitrogens with two attached hydrogens (primary N) is 1. The lowest BCUT2D eigenvalue weighted by Crippen LogP contribution is -3.00. The van der Waals surface area contributed by atoms with Crippen molar-refractivity contribution in [2.45, 2.75) is 6.54 Å². The van der Waals surface area contributed by atoms with E-state index in [1.54, 1.807) is 19.2 Å². The van der Waals surface area contributed by atoms with Crippen LogP contribution in [0, 0.1) is 0 Å². The summed E-state index contributed by atoms with van der Waals surface area (Å²) in [6, 6.07) is 11.3. The molecule has 0 saturated heterocycles. The number of H-pyrrole nitrogens is 1. The standard InChI is InChI=1S/C16H18N4O2.ClH/c1-3-15(21)19-13-8-9-14(20-16(13)17)18-10-11-4-6-12(22-2)7-5-11;/h3-9H,1,10H2,2H3,(H,19,21)(H3,17,18,20);1H. The van der Waals surface area contributed by atoms with E-state index >= 15 is 0 Å². The van der Waals surface area contributed by atoms with Crippen LogP contribution in [0.5, 0.6) is 5.75 Å². The van der Waals surface area contributed by atoms with Crippen molar-refractivity contribution in [3.05, 3.63) is 54.6 Å². The van der Waals surface area contributed by atoms with Gasteiger partial charge in [0.05, 0.1) is 13.7 Å². The number of ether oxygens (including phenoxy) is 1. The summed E-state index contributed by atoms with van der Waals surface area (Å²) in [6.07, 6.45) is 1.19. The maximum absolute atomic E-state index is 11.3. The fourth-order valence-electron chi connectivity index (χ4n) is 1.85. The molecule has 0 aliphatic carbocycles. The zero-order chi connectivity index (χ0) is 15.9. The number of anilines is 3. The molecule has 0 atom stereocenters. The van der Waals surface area contributed by atoms with E-state index in [9.17, 15) is 4.79 Å². The smallest absolute Gasteiger partial charge is 0.247 e. The maximum atomic E-state index is 11.3. The molecule has 5 N–H and O–H groups in total. The predicted octanol–water partition coefficient (Wildman–Crippen LogP) is -1.17. The van der Waals surface area contributed by atoms with Crippen molar-refractivity contribution in [2.75, 3.05) is 23.5 Å². The number of carbonyl (C=O) groups is 1. The van der Waals surface area contributed by atoms with E-state index in [1.165, 1.54) is 6.08 Å². The first-order valence-corrected chi connectivity index (χ1v) is 6.74. The highest BCUT2D eigenvalue weighted by Gasteiger charge is 2.08. The van der Waals surface area contributed by atoms with E-state index in [0.29, 0.717) is 18.1 Å². The van der Waals surface area contributed by atoms with Crippen LogP contribution in [0.2, 0.25) is 0 Å². The number of carbonyl (C=O) groups excluding carboxylic acids is 1. The average molecular weight is 335 g/mol. The number of benzene rings is 1. The van der Waals surface area contributed by atoms with Crippen LogP contribution in [0.1, 0.15) is 5.56 Å². The lowest BCUT2D eigenvalue weighted by molar-refractivity contribution is -0.342. The van der Waals surface area contributed by atoms with Gasteiger partial charge in [-0.3, -0.25) is 4.79 Å². The Morgan fingerprint density at radius 1 is 1.30 bits per heavy atom. The van der Waals surface area contributed by atoms with Gasteiger partial charge >= 0.3 is 0 Å². The summed E-state index contributed by atoms with van der Waals surface area (Å²) in [5.41, 5.74) is 7.49. The number of aromatic amines is 1. The normalized spacial score (nSPS) is 9.43. The molecule has 0 unspecified atom stereocenters. The predicted molar refractivity (Wildman–Crippen MR) is 86.6 cm³/mol. The number of amides is 1. The molecule has 23 heavy (non-hydrogen) atoms. The minimum absolute atomic E-state index is 0. The molecule has 7 heteroatoms. The highest BCUT2D eigenvalue weighted by atomic mass is 35.5. The van der Waals surface area contributed by atoms with Gasteiger partial charge in [-0.25, -0.2) is 4.98 Å². The molecule has 1 heterocycles. The van der Waals surface area contributed by atoms with Gasteiger partial charge in [0.2, 0.25) is 17.5 Å². The van der Waals surface area contributed by atoms with Crippen molar-refractivity contribution in [3.63, 3.8) is 0 Å². The van der Waals surface area contributed by atoms with Gasteiger partial charge in [-0.2, -0.15) is 0 Å². The minimum atomic E-state index is -0.306. The first-order chi connectivity index (χ1) is 10.6. The van der Waals surface area contributed by atoms with E-state index in [0.717, 1.165) is 17.1 Å². The second-order valence-corrected chi connectivity index (χ2v) is 4.59. The van der Waals surface area contributed by atoms with Crippen molar-refractivity contribution in [3.8, 4) is 5.75 Å². The van der Waals surface area contributed by atoms with Gasteiger partial charge < -0.3 is 33.5 Å². The molecule has 0 aliphatic rings. The van der Waals surface area contributed by atoms with Gasteiger partial charge in [0.15, 0.2) is 0 Å². The third-order valence-corrected chi connectivity index (χ3v) is 3.06. The van der Waals surface area contributed by atoms with E-state index in [1.807, 2.05) is 24.3 Å². The van der Waals surface area contributed by atoms with Crippen molar-refractivity contribution in [1.82, 2.24) is 0 Å². The summed E-state index contributed by atoms with van der Waals surface area (Å²) >= 11 is 0. The maximum Gasteiger partial charge on any atom is 0.247 e. The number of hydrogen-bond donors (Lipinski definition) is 3. The van der Waals surface area contributed by atoms with Crippen molar-refractivity contribution in [2.24, 2.45) is 0 Å². The van der Waals surface area contributed by atoms with Gasteiger partial charge in [0, 0.05) is 6.07 Å². The lowest BCUT2D eigenvalue weighted by atomic mass is 10.2. The Bertz CT molecular complexity index is 674. The third-order valence-electron chi connectivity index (χ3n) is 3.06. The van der Waals surface area contributed by atoms with Gasteiger partial charge in [-0.05, 0) is 29.8 Å². The Balaban J connectivity index is 0.00000264. The molecule has 1 amide bonds. The summed E-state index contributed by atoms with van der Waals surface area (Å²) in [5.74, 6) is 1.64. The number of aromatic nitrogens is 1. The molecule has 2 aromatic rings. The molecule has 1 aromatic carbocycles. The van der Waals surface area contributed by atoms with Gasteiger partial charge in [-0.15, -0.1) is 0 Å². The zero-order valence-corrected chi connectivity index (χ0v) is 13.5. The number of pyridine rings is 1. The second-order valence-electron chi connectivity index (χ2n) is 4.59. The van der Waals surface area contributed by atoms with Gasteiger partial charge in [-0.1, -0.05) is 18.7 Å². The van der Waals surface area contributed by atoms with Crippen molar-refractivity contribution in [1.29, 1.82) is 0 Å². The van der Waals surface area contributed by atoms with E-state index in [2.05, 4.69) is 22.2 Å². The Morgan fingerprint density at radius 2 is 2.00 bits per heavy atom. The molecule has 0 saturated carbocycles. The first kappa shape index (κ1) is 18.3. The highest BCUT2D eigenvalue weighted by Crippen LogP contribution is 2.16. The molecular weight excluding hydrogens is 316 g/mol. The van der Waals surface area contributed by atoms with Crippen LogP contribution in [0.3, 0.4) is 0 Å². The fraction of sp³-hybridized carbons (Fsp3) is 0.125. The van der Waals surface area contributed by atoms with Crippen molar-refractivity contribution < 1.29 is 26.9 Å². The molecular formula is C16H19ClN4O2.